The van der Waals surface area contributed by atoms with Crippen molar-refractivity contribution in [3.63, 3.8) is 0 Å². The molecule has 0 saturated carbocycles. The maximum atomic E-state index is 16.0. The molecule has 2 heterocycles. The Kier molecular flexibility index (Phi) is 15.2. The van der Waals surface area contributed by atoms with Gasteiger partial charge in [-0.15, -0.1) is 11.8 Å². The van der Waals surface area contributed by atoms with Gasteiger partial charge in [0.15, 0.2) is 11.9 Å². The zero-order chi connectivity index (χ0) is 40.8. The van der Waals surface area contributed by atoms with Crippen molar-refractivity contribution in [2.75, 3.05) is 26.8 Å². The number of carbonyl (C=O) groups excluding carboxylic acids is 2. The molecule has 1 aliphatic rings. The minimum atomic E-state index is -1.88. The molecule has 16 heteroatoms. The summed E-state index contributed by atoms with van der Waals surface area (Å²) >= 11 is 1.28. The number of aromatic nitrogens is 3. The molecule has 2 atom stereocenters. The number of thioether (sulfide) groups is 1. The van der Waals surface area contributed by atoms with E-state index in [1.54, 1.807) is 38.3 Å². The third-order valence-corrected chi connectivity index (χ3v) is 10.4. The van der Waals surface area contributed by atoms with Gasteiger partial charge in [0.05, 0.1) is 53.8 Å². The highest BCUT2D eigenvalue weighted by Crippen LogP contribution is 2.42. The van der Waals surface area contributed by atoms with E-state index in [4.69, 9.17) is 24.2 Å². The van der Waals surface area contributed by atoms with Gasteiger partial charge in [0.25, 0.3) is 0 Å². The molecule has 57 heavy (non-hydrogen) atoms. The summed E-state index contributed by atoms with van der Waals surface area (Å²) in [6.07, 6.45) is 9.00. The number of halogens is 3. The second kappa shape index (κ2) is 20.4. The lowest BCUT2D eigenvalue weighted by Crippen LogP contribution is -2.47. The maximum absolute atomic E-state index is 16.0. The van der Waals surface area contributed by atoms with E-state index in [1.165, 1.54) is 65.5 Å². The highest BCUT2D eigenvalue weighted by atomic mass is 32.2. The minimum Gasteiger partial charge on any atom is -0.461 e. The lowest BCUT2D eigenvalue weighted by molar-refractivity contribution is -0.146. The van der Waals surface area contributed by atoms with Crippen LogP contribution >= 0.6 is 11.8 Å². The van der Waals surface area contributed by atoms with E-state index in [1.807, 2.05) is 12.1 Å². The number of carbonyl (C=O) groups is 2. The molecule has 5 rings (SSSR count). The van der Waals surface area contributed by atoms with Crippen molar-refractivity contribution >= 4 is 29.8 Å². The van der Waals surface area contributed by atoms with E-state index >= 15 is 4.39 Å². The first-order valence-corrected chi connectivity index (χ1v) is 18.8. The number of nitriles is 2. The second-order valence-corrected chi connectivity index (χ2v) is 14.5. The van der Waals surface area contributed by atoms with Crippen molar-refractivity contribution in [1.29, 1.82) is 10.5 Å². The highest BCUT2D eigenvalue weighted by molar-refractivity contribution is 8.00. The van der Waals surface area contributed by atoms with Crippen LogP contribution < -0.4 is 5.32 Å². The summed E-state index contributed by atoms with van der Waals surface area (Å²) in [7, 11) is 1.76. The molecule has 1 aromatic heterocycles. The van der Waals surface area contributed by atoms with Gasteiger partial charge in [0.2, 0.25) is 0 Å². The largest absolute Gasteiger partial charge is 0.461 e. The average Bonchev–Trinajstić information content (AvgIpc) is 3.72. The number of hydrogen-bond acceptors (Lipinski definition) is 12. The van der Waals surface area contributed by atoms with Gasteiger partial charge in [-0.05, 0) is 69.4 Å². The second-order valence-electron chi connectivity index (χ2n) is 12.9. The fourth-order valence-corrected chi connectivity index (χ4v) is 7.31. The van der Waals surface area contributed by atoms with Gasteiger partial charge in [-0.1, -0.05) is 30.4 Å². The van der Waals surface area contributed by atoms with Crippen LogP contribution in [0.3, 0.4) is 0 Å². The van der Waals surface area contributed by atoms with Crippen LogP contribution in [0.25, 0.3) is 6.08 Å². The maximum Gasteiger partial charge on any atom is 0.339 e. The predicted octanol–water partition coefficient (Wildman–Crippen LogP) is 6.37. The average molecular weight is 801 g/mol. The summed E-state index contributed by atoms with van der Waals surface area (Å²) in [5.74, 6) is -3.80. The molecule has 4 aromatic rings. The first-order valence-electron chi connectivity index (χ1n) is 17.8. The summed E-state index contributed by atoms with van der Waals surface area (Å²) in [5.41, 5.74) is -1.22. The standard InChI is InChI=1S/C41H39F3N6O6S/c1-27(57-33-22-54-39(55-23-33)8-4-3-6-30-11-9-29(20-46)17-36(30)43)41(24-50-26-48-25-49-50,35-14-13-32(42)18-37(35)44)56-40(52)34-16-28(19-45)10-12-31(34)21-53-38(51)7-5-15-47-2/h3-4,6,8-14,16-18,25-27,33,39,47H,5,7,15,21-24H2,1-2H3. The molecule has 0 radical (unpaired) electrons. The number of hydrogen-bond donors (Lipinski definition) is 1. The molecule has 1 aliphatic heterocycles. The van der Waals surface area contributed by atoms with Crippen molar-refractivity contribution < 1.29 is 41.7 Å². The van der Waals surface area contributed by atoms with Crippen molar-refractivity contribution in [2.24, 2.45) is 0 Å². The van der Waals surface area contributed by atoms with E-state index in [0.717, 1.165) is 12.1 Å². The molecule has 296 valence electrons. The van der Waals surface area contributed by atoms with Crippen LogP contribution in [-0.4, -0.2) is 70.3 Å². The molecule has 1 saturated heterocycles. The van der Waals surface area contributed by atoms with Gasteiger partial charge in [-0.3, -0.25) is 4.79 Å². The van der Waals surface area contributed by atoms with Gasteiger partial charge in [0.1, 0.15) is 36.7 Å². The molecule has 0 amide bonds. The molecule has 0 spiro atoms. The molecule has 1 N–H and O–H groups in total. The molecular formula is C41H39F3N6O6S. The Balaban J connectivity index is 1.39. The lowest BCUT2D eigenvalue weighted by atomic mass is 9.89. The number of ether oxygens (including phenoxy) is 4. The van der Waals surface area contributed by atoms with Gasteiger partial charge < -0.3 is 24.3 Å². The highest BCUT2D eigenvalue weighted by Gasteiger charge is 2.47. The Morgan fingerprint density at radius 2 is 1.81 bits per heavy atom. The van der Waals surface area contributed by atoms with E-state index in [2.05, 4.69) is 15.4 Å². The van der Waals surface area contributed by atoms with Crippen LogP contribution in [-0.2, 0) is 42.5 Å². The van der Waals surface area contributed by atoms with Gasteiger partial charge in [0, 0.05) is 34.4 Å². The van der Waals surface area contributed by atoms with Gasteiger partial charge in [-0.25, -0.2) is 27.6 Å². The van der Waals surface area contributed by atoms with Crippen LogP contribution in [0.5, 0.6) is 0 Å². The van der Waals surface area contributed by atoms with Crippen LogP contribution in [0.2, 0.25) is 0 Å². The quantitative estimate of drug-likeness (QED) is 0.0716. The third kappa shape index (κ3) is 11.4. The molecule has 3 aromatic carbocycles. The Hall–Kier alpha value is -5.78. The smallest absolute Gasteiger partial charge is 0.339 e. The van der Waals surface area contributed by atoms with Crippen LogP contribution in [0.15, 0.2) is 85.5 Å². The molecule has 12 nitrogen and oxygen atoms in total. The number of esters is 2. The first kappa shape index (κ1) is 42.4. The van der Waals surface area contributed by atoms with E-state index in [-0.39, 0.29) is 65.9 Å². The summed E-state index contributed by atoms with van der Waals surface area (Å²) in [5, 5.41) is 24.6. The number of nitrogens with one attached hydrogen (secondary N) is 1. The molecular weight excluding hydrogens is 762 g/mol. The fourth-order valence-electron chi connectivity index (χ4n) is 5.95. The van der Waals surface area contributed by atoms with Crippen LogP contribution in [0.4, 0.5) is 13.2 Å². The van der Waals surface area contributed by atoms with Crippen LogP contribution in [0.1, 0.15) is 57.9 Å². The third-order valence-electron chi connectivity index (χ3n) is 8.91. The van der Waals surface area contributed by atoms with Crippen molar-refractivity contribution in [2.45, 2.75) is 55.3 Å². The molecule has 0 bridgehead atoms. The van der Waals surface area contributed by atoms with E-state index in [9.17, 15) is 23.6 Å². The minimum absolute atomic E-state index is 0.0882. The van der Waals surface area contributed by atoms with Gasteiger partial charge >= 0.3 is 11.9 Å². The van der Waals surface area contributed by atoms with Crippen LogP contribution in [0, 0.1) is 40.1 Å². The topological polar surface area (TPSA) is 161 Å². The Labute approximate surface area is 331 Å². The summed E-state index contributed by atoms with van der Waals surface area (Å²) in [4.78, 5) is 30.8. The van der Waals surface area contributed by atoms with Crippen molar-refractivity contribution in [1.82, 2.24) is 20.1 Å². The Bertz CT molecular complexity index is 2160. The summed E-state index contributed by atoms with van der Waals surface area (Å²) in [6, 6.07) is 15.3. The number of rotatable bonds is 17. The zero-order valence-corrected chi connectivity index (χ0v) is 31.9. The molecule has 1 fully saturated rings. The molecule has 2 unspecified atom stereocenters. The number of benzene rings is 3. The van der Waals surface area contributed by atoms with Crippen molar-refractivity contribution in [3.05, 3.63) is 136 Å². The lowest BCUT2D eigenvalue weighted by Gasteiger charge is -2.40. The predicted molar refractivity (Wildman–Crippen MR) is 203 cm³/mol. The van der Waals surface area contributed by atoms with E-state index in [0.29, 0.717) is 24.6 Å². The Morgan fingerprint density at radius 3 is 2.49 bits per heavy atom. The normalized spacial score (nSPS) is 17.1. The van der Waals surface area contributed by atoms with Crippen molar-refractivity contribution in [3.8, 4) is 12.1 Å². The monoisotopic (exact) mass is 800 g/mol. The summed E-state index contributed by atoms with van der Waals surface area (Å²) < 4.78 is 69.6. The van der Waals surface area contributed by atoms with Gasteiger partial charge in [-0.2, -0.15) is 15.6 Å². The van der Waals surface area contributed by atoms with E-state index < -0.39 is 46.5 Å². The Morgan fingerprint density at radius 1 is 1.05 bits per heavy atom. The first-order chi connectivity index (χ1) is 27.5. The fraction of sp³-hybridized carbons (Fsp3) is 0.317. The molecule has 0 aliphatic carbocycles. The zero-order valence-electron chi connectivity index (χ0n) is 31.1. The SMILES string of the molecule is CNCCCC(=O)OCc1ccc(C#N)cc1C(=O)OC(Cn1cncn1)(c1ccc(F)cc1F)C(C)SC1COC(C=CC=Cc2ccc(C#N)cc2F)OC1. The summed E-state index contributed by atoms with van der Waals surface area (Å²) in [6.45, 7) is 2.11. The number of allylic oxidation sites excluding steroid dienone is 2. The number of nitrogens with zero attached hydrogens (tertiary/aromatic N) is 5.